The van der Waals surface area contributed by atoms with E-state index in [1.54, 1.807) is 7.11 Å². The van der Waals surface area contributed by atoms with Crippen molar-refractivity contribution in [3.63, 3.8) is 0 Å². The second-order valence-electron chi connectivity index (χ2n) is 4.76. The molecular formula is C14H21BrN2O3. The van der Waals surface area contributed by atoms with Gasteiger partial charge in [0.2, 0.25) is 0 Å². The third-order valence-electron chi connectivity index (χ3n) is 3.35. The van der Waals surface area contributed by atoms with Gasteiger partial charge in [0.25, 0.3) is 0 Å². The molecule has 1 fully saturated rings. The van der Waals surface area contributed by atoms with Crippen LogP contribution in [0.4, 0.5) is 0 Å². The van der Waals surface area contributed by atoms with E-state index >= 15 is 0 Å². The Morgan fingerprint density at radius 3 is 2.85 bits per heavy atom. The van der Waals surface area contributed by atoms with Gasteiger partial charge in [0.1, 0.15) is 0 Å². The Kier molecular flexibility index (Phi) is 6.09. The summed E-state index contributed by atoms with van der Waals surface area (Å²) in [6.07, 6.45) is 0. The molecule has 5 nitrogen and oxygen atoms in total. The standard InChI is InChI=1S/C14H21BrN2O3/c1-19-13-9-11(8-12(15)14(13)18)10-16-2-3-17-4-6-20-7-5-17/h8-9,16,18H,2-7,10H2,1H3. The average molecular weight is 345 g/mol. The second-order valence-corrected chi connectivity index (χ2v) is 5.61. The van der Waals surface area contributed by atoms with Crippen molar-refractivity contribution in [2.45, 2.75) is 6.54 Å². The molecule has 20 heavy (non-hydrogen) atoms. The molecule has 0 aliphatic carbocycles. The van der Waals surface area contributed by atoms with Gasteiger partial charge in [0.05, 0.1) is 24.8 Å². The lowest BCUT2D eigenvalue weighted by atomic mass is 10.2. The van der Waals surface area contributed by atoms with E-state index in [2.05, 4.69) is 26.1 Å². The zero-order valence-corrected chi connectivity index (χ0v) is 13.3. The topological polar surface area (TPSA) is 54.0 Å². The van der Waals surface area contributed by atoms with E-state index in [1.807, 2.05) is 12.1 Å². The summed E-state index contributed by atoms with van der Waals surface area (Å²) in [4.78, 5) is 2.39. The molecular weight excluding hydrogens is 324 g/mol. The minimum Gasteiger partial charge on any atom is -0.503 e. The number of halogens is 1. The van der Waals surface area contributed by atoms with Crippen LogP contribution in [-0.4, -0.2) is 56.5 Å². The maximum atomic E-state index is 9.75. The Hall–Kier alpha value is -0.820. The fraction of sp³-hybridized carbons (Fsp3) is 0.571. The number of hydrogen-bond donors (Lipinski definition) is 2. The molecule has 0 atom stereocenters. The molecule has 0 saturated carbocycles. The molecule has 0 amide bonds. The zero-order chi connectivity index (χ0) is 14.4. The van der Waals surface area contributed by atoms with E-state index in [9.17, 15) is 5.11 Å². The maximum absolute atomic E-state index is 9.75. The Bertz CT molecular complexity index is 437. The van der Waals surface area contributed by atoms with Gasteiger partial charge in [-0.3, -0.25) is 4.90 Å². The first-order valence-electron chi connectivity index (χ1n) is 6.77. The van der Waals surface area contributed by atoms with Crippen molar-refractivity contribution in [2.75, 3.05) is 46.5 Å². The predicted octanol–water partition coefficient (Wildman–Crippen LogP) is 1.59. The van der Waals surface area contributed by atoms with Crippen molar-refractivity contribution in [3.8, 4) is 11.5 Å². The molecule has 1 saturated heterocycles. The van der Waals surface area contributed by atoms with Gasteiger partial charge in [-0.25, -0.2) is 0 Å². The number of phenols is 1. The Morgan fingerprint density at radius 1 is 1.40 bits per heavy atom. The fourth-order valence-electron chi connectivity index (χ4n) is 2.18. The summed E-state index contributed by atoms with van der Waals surface area (Å²) >= 11 is 3.33. The van der Waals surface area contributed by atoms with Crippen molar-refractivity contribution < 1.29 is 14.6 Å². The van der Waals surface area contributed by atoms with Gasteiger partial charge in [0.15, 0.2) is 11.5 Å². The van der Waals surface area contributed by atoms with Crippen LogP contribution in [0.15, 0.2) is 16.6 Å². The SMILES string of the molecule is COc1cc(CNCCN2CCOCC2)cc(Br)c1O. The van der Waals surface area contributed by atoms with Crippen molar-refractivity contribution in [2.24, 2.45) is 0 Å². The van der Waals surface area contributed by atoms with E-state index in [0.29, 0.717) is 10.2 Å². The Morgan fingerprint density at radius 2 is 2.15 bits per heavy atom. The second kappa shape index (κ2) is 7.83. The van der Waals surface area contributed by atoms with E-state index in [0.717, 1.165) is 51.5 Å². The normalized spacial score (nSPS) is 16.3. The quantitative estimate of drug-likeness (QED) is 0.767. The predicted molar refractivity (Wildman–Crippen MR) is 81.3 cm³/mol. The van der Waals surface area contributed by atoms with Gasteiger partial charge in [-0.05, 0) is 33.6 Å². The number of benzene rings is 1. The first-order valence-corrected chi connectivity index (χ1v) is 7.56. The number of nitrogens with zero attached hydrogens (tertiary/aromatic N) is 1. The van der Waals surface area contributed by atoms with Gasteiger partial charge in [-0.2, -0.15) is 0 Å². The molecule has 1 aliphatic heterocycles. The molecule has 2 rings (SSSR count). The summed E-state index contributed by atoms with van der Waals surface area (Å²) in [7, 11) is 1.55. The minimum absolute atomic E-state index is 0.143. The highest BCUT2D eigenvalue weighted by Gasteiger charge is 2.10. The number of morpholine rings is 1. The van der Waals surface area contributed by atoms with Crippen LogP contribution in [-0.2, 0) is 11.3 Å². The average Bonchev–Trinajstić information content (AvgIpc) is 2.48. The molecule has 1 heterocycles. The number of nitrogens with one attached hydrogen (secondary N) is 1. The van der Waals surface area contributed by atoms with Crippen LogP contribution < -0.4 is 10.1 Å². The van der Waals surface area contributed by atoms with Crippen molar-refractivity contribution >= 4 is 15.9 Å². The Balaban J connectivity index is 1.77. The van der Waals surface area contributed by atoms with Gasteiger partial charge in [-0.1, -0.05) is 0 Å². The number of methoxy groups -OCH3 is 1. The molecule has 0 unspecified atom stereocenters. The van der Waals surface area contributed by atoms with Crippen LogP contribution in [0.25, 0.3) is 0 Å². The minimum atomic E-state index is 0.143. The first kappa shape index (κ1) is 15.6. The highest BCUT2D eigenvalue weighted by atomic mass is 79.9. The van der Waals surface area contributed by atoms with E-state index < -0.39 is 0 Å². The largest absolute Gasteiger partial charge is 0.503 e. The van der Waals surface area contributed by atoms with Crippen LogP contribution in [0.1, 0.15) is 5.56 Å². The third kappa shape index (κ3) is 4.34. The van der Waals surface area contributed by atoms with Gasteiger partial charge >= 0.3 is 0 Å². The summed E-state index contributed by atoms with van der Waals surface area (Å²) in [6.45, 7) is 6.41. The number of aromatic hydroxyl groups is 1. The summed E-state index contributed by atoms with van der Waals surface area (Å²) in [5, 5.41) is 13.2. The molecule has 1 aromatic carbocycles. The summed E-state index contributed by atoms with van der Waals surface area (Å²) in [5.74, 6) is 0.633. The lowest BCUT2D eigenvalue weighted by molar-refractivity contribution is 0.0384. The van der Waals surface area contributed by atoms with Gasteiger partial charge < -0.3 is 19.9 Å². The monoisotopic (exact) mass is 344 g/mol. The highest BCUT2D eigenvalue weighted by molar-refractivity contribution is 9.10. The van der Waals surface area contributed by atoms with Crippen LogP contribution in [0.3, 0.4) is 0 Å². The van der Waals surface area contributed by atoms with E-state index in [-0.39, 0.29) is 5.75 Å². The molecule has 1 aromatic rings. The molecule has 0 radical (unpaired) electrons. The molecule has 1 aliphatic rings. The number of ether oxygens (including phenoxy) is 2. The molecule has 0 aromatic heterocycles. The Labute approximate surface area is 128 Å². The van der Waals surface area contributed by atoms with E-state index in [1.165, 1.54) is 0 Å². The zero-order valence-electron chi connectivity index (χ0n) is 11.7. The smallest absolute Gasteiger partial charge is 0.172 e. The highest BCUT2D eigenvalue weighted by Crippen LogP contribution is 2.35. The molecule has 2 N–H and O–H groups in total. The van der Waals surface area contributed by atoms with E-state index in [4.69, 9.17) is 9.47 Å². The summed E-state index contributed by atoms with van der Waals surface area (Å²) < 4.78 is 11.1. The van der Waals surface area contributed by atoms with Crippen molar-refractivity contribution in [1.29, 1.82) is 0 Å². The van der Waals surface area contributed by atoms with Crippen LogP contribution in [0.5, 0.6) is 11.5 Å². The molecule has 0 spiro atoms. The maximum Gasteiger partial charge on any atom is 0.172 e. The lowest BCUT2D eigenvalue weighted by Crippen LogP contribution is -2.40. The third-order valence-corrected chi connectivity index (χ3v) is 3.95. The molecule has 0 bridgehead atoms. The number of phenolic OH excluding ortho intramolecular Hbond substituents is 1. The molecule has 6 heteroatoms. The number of hydrogen-bond acceptors (Lipinski definition) is 5. The van der Waals surface area contributed by atoms with Crippen LogP contribution in [0.2, 0.25) is 0 Å². The van der Waals surface area contributed by atoms with Crippen molar-refractivity contribution in [3.05, 3.63) is 22.2 Å². The summed E-state index contributed by atoms with van der Waals surface area (Å²) in [6, 6.07) is 3.75. The van der Waals surface area contributed by atoms with Gasteiger partial charge in [0, 0.05) is 32.7 Å². The lowest BCUT2D eigenvalue weighted by Gasteiger charge is -2.26. The van der Waals surface area contributed by atoms with Crippen molar-refractivity contribution in [1.82, 2.24) is 10.2 Å². The van der Waals surface area contributed by atoms with Crippen LogP contribution in [0, 0.1) is 0 Å². The fourth-order valence-corrected chi connectivity index (χ4v) is 2.67. The first-order chi connectivity index (χ1) is 9.70. The van der Waals surface area contributed by atoms with Crippen LogP contribution >= 0.6 is 15.9 Å². The number of rotatable bonds is 6. The summed E-state index contributed by atoms with van der Waals surface area (Å²) in [5.41, 5.74) is 1.08. The van der Waals surface area contributed by atoms with Gasteiger partial charge in [-0.15, -0.1) is 0 Å². The molecule has 112 valence electrons.